The predicted molar refractivity (Wildman–Crippen MR) is 91.3 cm³/mol. The average molecular weight is 368 g/mol. The monoisotopic (exact) mass is 367 g/mol. The first-order chi connectivity index (χ1) is 10.4. The van der Waals surface area contributed by atoms with Gasteiger partial charge in [-0.1, -0.05) is 41.9 Å². The van der Waals surface area contributed by atoms with Crippen molar-refractivity contribution in [2.45, 2.75) is 27.2 Å². The van der Waals surface area contributed by atoms with E-state index in [4.69, 9.17) is 4.74 Å². The summed E-state index contributed by atoms with van der Waals surface area (Å²) in [5.41, 5.74) is 2.01. The summed E-state index contributed by atoms with van der Waals surface area (Å²) < 4.78 is 5.80. The normalized spacial score (nSPS) is 11.0. The van der Waals surface area contributed by atoms with Crippen LogP contribution in [0, 0.1) is 12.8 Å². The molecule has 1 N–H and O–H groups in total. The van der Waals surface area contributed by atoms with Gasteiger partial charge in [0.05, 0.1) is 0 Å². The fourth-order valence-electron chi connectivity index (χ4n) is 1.66. The Balaban J connectivity index is 2.36. The molecule has 1 rings (SSSR count). The Morgan fingerprint density at radius 3 is 2.73 bits per heavy atom. The lowest BCUT2D eigenvalue weighted by Crippen LogP contribution is -2.29. The highest BCUT2D eigenvalue weighted by atomic mass is 79.9. The number of halogens is 1. The highest BCUT2D eigenvalue weighted by molar-refractivity contribution is 9.10. The van der Waals surface area contributed by atoms with Crippen molar-refractivity contribution in [3.8, 4) is 0 Å². The molecule has 0 aliphatic rings. The molecule has 0 heterocycles. The summed E-state index contributed by atoms with van der Waals surface area (Å²) in [5, 5.41) is 2.71. The molecular formula is C17H22BrNO3. The van der Waals surface area contributed by atoms with E-state index in [0.29, 0.717) is 12.5 Å². The van der Waals surface area contributed by atoms with Gasteiger partial charge >= 0.3 is 5.97 Å². The number of amides is 1. The van der Waals surface area contributed by atoms with E-state index in [1.165, 1.54) is 6.08 Å². The van der Waals surface area contributed by atoms with Gasteiger partial charge in [-0.15, -0.1) is 0 Å². The summed E-state index contributed by atoms with van der Waals surface area (Å²) in [4.78, 5) is 23.1. The SMILES string of the molecule is Cc1ccc(/C=C/C(=O)OCC(=O)NCCC(C)C)c(Br)c1. The fourth-order valence-corrected chi connectivity index (χ4v) is 2.29. The van der Waals surface area contributed by atoms with Gasteiger partial charge in [0.25, 0.3) is 5.91 Å². The van der Waals surface area contributed by atoms with Crippen molar-refractivity contribution in [3.05, 3.63) is 39.9 Å². The number of carbonyl (C=O) groups is 2. The van der Waals surface area contributed by atoms with Crippen molar-refractivity contribution >= 4 is 33.9 Å². The highest BCUT2D eigenvalue weighted by Crippen LogP contribution is 2.19. The Labute approximate surface area is 140 Å². The molecule has 0 aliphatic heterocycles. The number of esters is 1. The van der Waals surface area contributed by atoms with Crippen LogP contribution >= 0.6 is 15.9 Å². The average Bonchev–Trinajstić information content (AvgIpc) is 2.43. The first-order valence-corrected chi connectivity index (χ1v) is 8.05. The summed E-state index contributed by atoms with van der Waals surface area (Å²) in [6.45, 7) is 6.50. The molecule has 0 radical (unpaired) electrons. The standard InChI is InChI=1S/C17H22BrNO3/c1-12(2)8-9-19-16(20)11-22-17(21)7-6-14-5-4-13(3)10-15(14)18/h4-7,10,12H,8-9,11H2,1-3H3,(H,19,20)/b7-6+. The molecule has 0 fully saturated rings. The third-order valence-electron chi connectivity index (χ3n) is 2.94. The van der Waals surface area contributed by atoms with Gasteiger partial charge < -0.3 is 10.1 Å². The molecule has 22 heavy (non-hydrogen) atoms. The first-order valence-electron chi connectivity index (χ1n) is 7.26. The Kier molecular flexibility index (Phi) is 7.88. The Hall–Kier alpha value is -1.62. The van der Waals surface area contributed by atoms with Gasteiger partial charge in [-0.2, -0.15) is 0 Å². The van der Waals surface area contributed by atoms with E-state index in [2.05, 4.69) is 35.1 Å². The van der Waals surface area contributed by atoms with Crippen molar-refractivity contribution < 1.29 is 14.3 Å². The van der Waals surface area contributed by atoms with Crippen molar-refractivity contribution in [2.75, 3.05) is 13.2 Å². The van der Waals surface area contributed by atoms with Crippen molar-refractivity contribution in [1.29, 1.82) is 0 Å². The van der Waals surface area contributed by atoms with Crippen LogP contribution in [0.2, 0.25) is 0 Å². The quantitative estimate of drug-likeness (QED) is 0.592. The minimum Gasteiger partial charge on any atom is -0.452 e. The summed E-state index contributed by atoms with van der Waals surface area (Å²) in [6, 6.07) is 5.83. The van der Waals surface area contributed by atoms with Crippen LogP contribution in [0.25, 0.3) is 6.08 Å². The van der Waals surface area contributed by atoms with Crippen LogP contribution in [0.3, 0.4) is 0 Å². The maximum atomic E-state index is 11.6. The summed E-state index contributed by atoms with van der Waals surface area (Å²) in [5.74, 6) is -0.288. The lowest BCUT2D eigenvalue weighted by molar-refractivity contribution is -0.143. The van der Waals surface area contributed by atoms with E-state index >= 15 is 0 Å². The molecule has 0 saturated heterocycles. The maximum Gasteiger partial charge on any atom is 0.331 e. The van der Waals surface area contributed by atoms with E-state index in [1.54, 1.807) is 6.08 Å². The van der Waals surface area contributed by atoms with Crippen LogP contribution in [0.4, 0.5) is 0 Å². The van der Waals surface area contributed by atoms with E-state index < -0.39 is 5.97 Å². The molecule has 1 aromatic carbocycles. The molecule has 0 unspecified atom stereocenters. The molecule has 4 nitrogen and oxygen atoms in total. The van der Waals surface area contributed by atoms with Gasteiger partial charge in [-0.3, -0.25) is 4.79 Å². The molecule has 0 aromatic heterocycles. The second kappa shape index (κ2) is 9.41. The zero-order valence-corrected chi connectivity index (χ0v) is 14.8. The molecule has 0 aliphatic carbocycles. The minimum absolute atomic E-state index is 0.254. The van der Waals surface area contributed by atoms with Crippen LogP contribution < -0.4 is 5.32 Å². The van der Waals surface area contributed by atoms with Crippen molar-refractivity contribution in [1.82, 2.24) is 5.32 Å². The van der Waals surface area contributed by atoms with Crippen LogP contribution in [0.15, 0.2) is 28.7 Å². The maximum absolute atomic E-state index is 11.6. The number of benzene rings is 1. The zero-order valence-electron chi connectivity index (χ0n) is 13.2. The predicted octanol–water partition coefficient (Wildman–Crippen LogP) is 3.48. The van der Waals surface area contributed by atoms with Crippen LogP contribution in [-0.2, 0) is 14.3 Å². The second-order valence-electron chi connectivity index (χ2n) is 5.50. The number of hydrogen-bond donors (Lipinski definition) is 1. The Morgan fingerprint density at radius 2 is 2.09 bits per heavy atom. The van der Waals surface area contributed by atoms with E-state index in [1.807, 2.05) is 25.1 Å². The van der Waals surface area contributed by atoms with Gasteiger partial charge in [-0.05, 0) is 42.5 Å². The van der Waals surface area contributed by atoms with Gasteiger partial charge in [0, 0.05) is 17.1 Å². The molecule has 5 heteroatoms. The van der Waals surface area contributed by atoms with E-state index in [-0.39, 0.29) is 12.5 Å². The molecule has 1 aromatic rings. The van der Waals surface area contributed by atoms with E-state index in [0.717, 1.165) is 22.0 Å². The number of carbonyl (C=O) groups excluding carboxylic acids is 2. The number of ether oxygens (including phenoxy) is 1. The third-order valence-corrected chi connectivity index (χ3v) is 3.63. The summed E-state index contributed by atoms with van der Waals surface area (Å²) >= 11 is 3.43. The smallest absolute Gasteiger partial charge is 0.331 e. The minimum atomic E-state index is -0.536. The third kappa shape index (κ3) is 7.41. The fraction of sp³-hybridized carbons (Fsp3) is 0.412. The zero-order chi connectivity index (χ0) is 16.5. The van der Waals surface area contributed by atoms with Crippen LogP contribution in [-0.4, -0.2) is 25.0 Å². The first kappa shape index (κ1) is 18.4. The van der Waals surface area contributed by atoms with Crippen molar-refractivity contribution in [2.24, 2.45) is 5.92 Å². The van der Waals surface area contributed by atoms with Crippen molar-refractivity contribution in [3.63, 3.8) is 0 Å². The van der Waals surface area contributed by atoms with Gasteiger partial charge in [0.1, 0.15) is 0 Å². The number of rotatable bonds is 7. The number of nitrogens with one attached hydrogen (secondary N) is 1. The topological polar surface area (TPSA) is 55.4 Å². The lowest BCUT2D eigenvalue weighted by atomic mass is 10.1. The molecule has 1 amide bonds. The lowest BCUT2D eigenvalue weighted by Gasteiger charge is -2.07. The Morgan fingerprint density at radius 1 is 1.36 bits per heavy atom. The van der Waals surface area contributed by atoms with Gasteiger partial charge in [0.15, 0.2) is 6.61 Å². The molecule has 0 atom stereocenters. The van der Waals surface area contributed by atoms with Crippen LogP contribution in [0.5, 0.6) is 0 Å². The number of aryl methyl sites for hydroxylation is 1. The largest absolute Gasteiger partial charge is 0.452 e. The summed E-state index contributed by atoms with van der Waals surface area (Å²) in [6.07, 6.45) is 3.88. The molecular weight excluding hydrogens is 346 g/mol. The van der Waals surface area contributed by atoms with E-state index in [9.17, 15) is 9.59 Å². The molecule has 0 saturated carbocycles. The van der Waals surface area contributed by atoms with Gasteiger partial charge in [0.2, 0.25) is 0 Å². The number of hydrogen-bond acceptors (Lipinski definition) is 3. The summed E-state index contributed by atoms with van der Waals surface area (Å²) in [7, 11) is 0. The highest BCUT2D eigenvalue weighted by Gasteiger charge is 2.05. The molecule has 0 spiro atoms. The second-order valence-corrected chi connectivity index (χ2v) is 6.35. The van der Waals surface area contributed by atoms with Crippen LogP contribution in [0.1, 0.15) is 31.4 Å². The Bertz CT molecular complexity index is 553. The molecule has 0 bridgehead atoms. The van der Waals surface area contributed by atoms with Gasteiger partial charge in [-0.25, -0.2) is 4.79 Å². The molecule has 120 valence electrons.